The number of likely N-dealkylation sites (tertiary alicyclic amines) is 1. The van der Waals surface area contributed by atoms with E-state index < -0.39 is 29.2 Å². The molecule has 1 aliphatic heterocycles. The zero-order chi connectivity index (χ0) is 18.0. The van der Waals surface area contributed by atoms with Crippen molar-refractivity contribution in [2.75, 3.05) is 18.4 Å². The molecule has 138 valence electrons. The average Bonchev–Trinajstić information content (AvgIpc) is 2.64. The highest BCUT2D eigenvalue weighted by Gasteiger charge is 2.30. The first-order valence-electron chi connectivity index (χ1n) is 8.72. The van der Waals surface area contributed by atoms with E-state index >= 15 is 0 Å². The molecule has 8 heteroatoms. The average molecular weight is 359 g/mol. The lowest BCUT2D eigenvalue weighted by Crippen LogP contribution is -2.45. The Labute approximate surface area is 143 Å². The number of halogens is 4. The van der Waals surface area contributed by atoms with Crippen molar-refractivity contribution in [1.82, 2.24) is 9.88 Å². The van der Waals surface area contributed by atoms with Crippen molar-refractivity contribution in [2.45, 2.75) is 51.0 Å². The fourth-order valence-electron chi connectivity index (χ4n) is 3.67. The molecule has 0 bridgehead atoms. The summed E-state index contributed by atoms with van der Waals surface area (Å²) in [5.74, 6) is -6.18. The maximum atomic E-state index is 13.7. The van der Waals surface area contributed by atoms with Crippen LogP contribution in [-0.4, -0.2) is 34.9 Å². The van der Waals surface area contributed by atoms with Crippen LogP contribution >= 0.6 is 0 Å². The van der Waals surface area contributed by atoms with Gasteiger partial charge in [-0.3, -0.25) is 4.79 Å². The molecule has 2 fully saturated rings. The highest BCUT2D eigenvalue weighted by atomic mass is 19.2. The molecular formula is C17H21F4N3O. The molecule has 1 saturated heterocycles. The van der Waals surface area contributed by atoms with Crippen LogP contribution in [0.3, 0.4) is 0 Å². The van der Waals surface area contributed by atoms with Gasteiger partial charge in [-0.15, -0.1) is 0 Å². The zero-order valence-corrected chi connectivity index (χ0v) is 13.8. The zero-order valence-electron chi connectivity index (χ0n) is 13.8. The van der Waals surface area contributed by atoms with Gasteiger partial charge in [-0.1, -0.05) is 19.3 Å². The Balaban J connectivity index is 1.59. The molecule has 1 aromatic rings. The predicted molar refractivity (Wildman–Crippen MR) is 83.9 cm³/mol. The van der Waals surface area contributed by atoms with Crippen LogP contribution in [0.15, 0.2) is 0 Å². The largest absolute Gasteiger partial charge is 0.377 e. The van der Waals surface area contributed by atoms with Crippen LogP contribution < -0.4 is 5.32 Å². The van der Waals surface area contributed by atoms with Crippen molar-refractivity contribution in [2.24, 2.45) is 5.92 Å². The molecule has 1 amide bonds. The number of amides is 1. The van der Waals surface area contributed by atoms with Gasteiger partial charge < -0.3 is 10.2 Å². The highest BCUT2D eigenvalue weighted by Crippen LogP contribution is 2.28. The number of anilines is 1. The second kappa shape index (κ2) is 7.58. The Morgan fingerprint density at radius 1 is 0.920 bits per heavy atom. The lowest BCUT2D eigenvalue weighted by atomic mass is 9.87. The maximum absolute atomic E-state index is 13.7. The number of rotatable bonds is 3. The number of aromatic nitrogens is 1. The minimum atomic E-state index is -1.67. The van der Waals surface area contributed by atoms with Crippen LogP contribution in [0.4, 0.5) is 23.2 Å². The Bertz CT molecular complexity index is 615. The minimum Gasteiger partial charge on any atom is -0.377 e. The predicted octanol–water partition coefficient (Wildman–Crippen LogP) is 3.62. The first kappa shape index (κ1) is 17.9. The summed E-state index contributed by atoms with van der Waals surface area (Å²) in [4.78, 5) is 16.8. The molecule has 4 nitrogen and oxygen atoms in total. The van der Waals surface area contributed by atoms with Crippen LogP contribution in [0.2, 0.25) is 0 Å². The number of nitrogens with one attached hydrogen (secondary N) is 1. The summed E-state index contributed by atoms with van der Waals surface area (Å²) in [6, 6.07) is -0.361. The molecule has 0 unspecified atom stereocenters. The third-order valence-electron chi connectivity index (χ3n) is 5.11. The van der Waals surface area contributed by atoms with Gasteiger partial charge in [0.1, 0.15) is 5.69 Å². The van der Waals surface area contributed by atoms with Gasteiger partial charge in [0.2, 0.25) is 17.5 Å². The van der Waals surface area contributed by atoms with Crippen LogP contribution in [-0.2, 0) is 4.79 Å². The lowest BCUT2D eigenvalue weighted by Gasteiger charge is -2.35. The summed E-state index contributed by atoms with van der Waals surface area (Å²) in [5.41, 5.74) is -0.831. The van der Waals surface area contributed by atoms with Gasteiger partial charge in [-0.05, 0) is 25.7 Å². The van der Waals surface area contributed by atoms with E-state index in [1.807, 2.05) is 0 Å². The van der Waals surface area contributed by atoms with Gasteiger partial charge >= 0.3 is 0 Å². The molecule has 1 aromatic heterocycles. The molecule has 1 saturated carbocycles. The summed E-state index contributed by atoms with van der Waals surface area (Å²) in [5, 5.41) is 2.53. The molecule has 1 aliphatic carbocycles. The number of carbonyl (C=O) groups excluding carboxylic acids is 1. The Morgan fingerprint density at radius 2 is 1.48 bits per heavy atom. The van der Waals surface area contributed by atoms with Crippen molar-refractivity contribution in [1.29, 1.82) is 0 Å². The van der Waals surface area contributed by atoms with Crippen LogP contribution in [0.1, 0.15) is 44.9 Å². The van der Waals surface area contributed by atoms with Gasteiger partial charge in [-0.25, -0.2) is 0 Å². The maximum Gasteiger partial charge on any atom is 0.253 e. The summed E-state index contributed by atoms with van der Waals surface area (Å²) in [7, 11) is 0. The third kappa shape index (κ3) is 3.88. The van der Waals surface area contributed by atoms with Gasteiger partial charge in [0.25, 0.3) is 11.9 Å². The van der Waals surface area contributed by atoms with Crippen molar-refractivity contribution in [3.63, 3.8) is 0 Å². The van der Waals surface area contributed by atoms with E-state index in [4.69, 9.17) is 0 Å². The van der Waals surface area contributed by atoms with E-state index in [1.165, 1.54) is 6.42 Å². The molecule has 1 N–H and O–H groups in total. The van der Waals surface area contributed by atoms with E-state index in [0.29, 0.717) is 25.9 Å². The van der Waals surface area contributed by atoms with Crippen LogP contribution in [0.5, 0.6) is 0 Å². The molecular weight excluding hydrogens is 338 g/mol. The quantitative estimate of drug-likeness (QED) is 0.662. The Kier molecular flexibility index (Phi) is 5.44. The van der Waals surface area contributed by atoms with Gasteiger partial charge in [0, 0.05) is 25.0 Å². The number of nitrogens with zero attached hydrogens (tertiary/aromatic N) is 2. The molecule has 0 radical (unpaired) electrons. The molecule has 0 aromatic carbocycles. The number of pyridine rings is 1. The van der Waals surface area contributed by atoms with Gasteiger partial charge in [0.15, 0.2) is 0 Å². The molecule has 2 heterocycles. The van der Waals surface area contributed by atoms with Gasteiger partial charge in [-0.2, -0.15) is 22.5 Å². The van der Waals surface area contributed by atoms with E-state index in [-0.39, 0.29) is 17.9 Å². The van der Waals surface area contributed by atoms with E-state index in [0.717, 1.165) is 25.7 Å². The summed E-state index contributed by atoms with van der Waals surface area (Å²) >= 11 is 0. The molecule has 0 spiro atoms. The Hall–Kier alpha value is -1.86. The van der Waals surface area contributed by atoms with E-state index in [9.17, 15) is 22.4 Å². The number of hydrogen-bond acceptors (Lipinski definition) is 3. The van der Waals surface area contributed by atoms with Crippen molar-refractivity contribution in [3.8, 4) is 0 Å². The van der Waals surface area contributed by atoms with E-state index in [2.05, 4.69) is 10.3 Å². The van der Waals surface area contributed by atoms with Crippen molar-refractivity contribution in [3.05, 3.63) is 23.5 Å². The standard InChI is InChI=1S/C17H21F4N3O/c18-12-14(13(19)16(21)23-15(12)20)22-11-6-8-24(9-7-11)17(25)10-4-2-1-3-5-10/h10-11H,1-9H2,(H,22,23). The minimum absolute atomic E-state index is 0.0801. The third-order valence-corrected chi connectivity index (χ3v) is 5.11. The van der Waals surface area contributed by atoms with Crippen molar-refractivity contribution >= 4 is 11.6 Å². The van der Waals surface area contributed by atoms with Gasteiger partial charge in [0.05, 0.1) is 0 Å². The normalized spacial score (nSPS) is 19.9. The highest BCUT2D eigenvalue weighted by molar-refractivity contribution is 5.79. The topological polar surface area (TPSA) is 45.2 Å². The first-order valence-corrected chi connectivity index (χ1v) is 8.72. The van der Waals surface area contributed by atoms with Crippen molar-refractivity contribution < 1.29 is 22.4 Å². The summed E-state index contributed by atoms with van der Waals surface area (Å²) in [6.45, 7) is 0.929. The molecule has 2 aliphatic rings. The molecule has 3 rings (SSSR count). The first-order chi connectivity index (χ1) is 12.0. The van der Waals surface area contributed by atoms with E-state index in [1.54, 1.807) is 4.90 Å². The smallest absolute Gasteiger partial charge is 0.253 e. The SMILES string of the molecule is O=C(C1CCCCC1)N1CCC(Nc2c(F)c(F)nc(F)c2F)CC1. The molecule has 0 atom stereocenters. The fourth-order valence-corrected chi connectivity index (χ4v) is 3.67. The lowest BCUT2D eigenvalue weighted by molar-refractivity contribution is -0.137. The Morgan fingerprint density at radius 3 is 2.04 bits per heavy atom. The van der Waals surface area contributed by atoms with Crippen LogP contribution in [0, 0.1) is 29.4 Å². The summed E-state index contributed by atoms with van der Waals surface area (Å²) in [6.07, 6.45) is 6.09. The second-order valence-corrected chi connectivity index (χ2v) is 6.78. The van der Waals surface area contributed by atoms with Crippen LogP contribution in [0.25, 0.3) is 0 Å². The fraction of sp³-hybridized carbons (Fsp3) is 0.647. The number of piperidine rings is 1. The molecule has 25 heavy (non-hydrogen) atoms. The summed E-state index contributed by atoms with van der Waals surface area (Å²) < 4.78 is 53.7. The second-order valence-electron chi connectivity index (χ2n) is 6.78. The number of carbonyl (C=O) groups is 1. The number of hydrogen-bond donors (Lipinski definition) is 1. The monoisotopic (exact) mass is 359 g/mol.